The molecule has 1 saturated heterocycles. The number of hydrogen-bond donors (Lipinski definition) is 1. The van der Waals surface area contributed by atoms with E-state index in [-0.39, 0.29) is 5.92 Å². The van der Waals surface area contributed by atoms with Gasteiger partial charge in [0.25, 0.3) is 0 Å². The first kappa shape index (κ1) is 16.5. The highest BCUT2D eigenvalue weighted by Gasteiger charge is 2.34. The van der Waals surface area contributed by atoms with Crippen molar-refractivity contribution in [2.24, 2.45) is 11.8 Å². The number of benzene rings is 1. The second-order valence-corrected chi connectivity index (χ2v) is 8.33. The molecule has 5 heteroatoms. The van der Waals surface area contributed by atoms with E-state index in [1.165, 1.54) is 4.31 Å². The van der Waals surface area contributed by atoms with Crippen molar-refractivity contribution < 1.29 is 13.5 Å². The number of hydrogen-bond acceptors (Lipinski definition) is 3. The Morgan fingerprint density at radius 1 is 1.24 bits per heavy atom. The lowest BCUT2D eigenvalue weighted by atomic mass is 10.0. The normalized spacial score (nSPS) is 21.9. The second-order valence-electron chi connectivity index (χ2n) is 6.39. The molecule has 0 saturated carbocycles. The van der Waals surface area contributed by atoms with Crippen LogP contribution in [-0.4, -0.2) is 37.0 Å². The fourth-order valence-corrected chi connectivity index (χ4v) is 4.30. The number of nitrogens with zero attached hydrogens (tertiary/aromatic N) is 1. The number of sulfonamides is 1. The zero-order chi connectivity index (χ0) is 15.6. The molecule has 1 aromatic carbocycles. The average Bonchev–Trinajstić information content (AvgIpc) is 2.89. The minimum Gasteiger partial charge on any atom is -0.393 e. The third kappa shape index (κ3) is 3.84. The van der Waals surface area contributed by atoms with Gasteiger partial charge >= 0.3 is 0 Å². The number of aliphatic hydroxyl groups is 1. The summed E-state index contributed by atoms with van der Waals surface area (Å²) in [5, 5.41) is 9.60. The highest BCUT2D eigenvalue weighted by Crippen LogP contribution is 2.26. The van der Waals surface area contributed by atoms with Gasteiger partial charge in [0.1, 0.15) is 0 Å². The van der Waals surface area contributed by atoms with Crippen molar-refractivity contribution in [3.05, 3.63) is 29.8 Å². The molecule has 1 aromatic rings. The molecule has 21 heavy (non-hydrogen) atoms. The average molecular weight is 311 g/mol. The molecule has 2 unspecified atom stereocenters. The van der Waals surface area contributed by atoms with Crippen LogP contribution in [0.15, 0.2) is 29.2 Å². The zero-order valence-electron chi connectivity index (χ0n) is 13.0. The van der Waals surface area contributed by atoms with Crippen molar-refractivity contribution in [1.29, 1.82) is 0 Å². The van der Waals surface area contributed by atoms with Gasteiger partial charge in [-0.25, -0.2) is 8.42 Å². The van der Waals surface area contributed by atoms with Crippen LogP contribution >= 0.6 is 0 Å². The summed E-state index contributed by atoms with van der Waals surface area (Å²) in [6.45, 7) is 6.91. The smallest absolute Gasteiger partial charge is 0.243 e. The van der Waals surface area contributed by atoms with Gasteiger partial charge in [-0.3, -0.25) is 0 Å². The van der Waals surface area contributed by atoms with Crippen molar-refractivity contribution >= 4 is 10.0 Å². The maximum absolute atomic E-state index is 12.6. The van der Waals surface area contributed by atoms with E-state index in [1.54, 1.807) is 19.1 Å². The van der Waals surface area contributed by atoms with Crippen molar-refractivity contribution in [3.63, 3.8) is 0 Å². The maximum atomic E-state index is 12.6. The van der Waals surface area contributed by atoms with Crippen molar-refractivity contribution in [3.8, 4) is 0 Å². The Labute approximate surface area is 127 Å². The minimum atomic E-state index is -3.43. The molecule has 0 radical (unpaired) electrons. The molecule has 0 bridgehead atoms. The standard InChI is InChI=1S/C16H25NO3S/c1-12(2)10-14-4-6-16(7-5-14)21(19,20)17-9-8-15(11-17)13(3)18/h4-7,12-13,15,18H,8-11H2,1-3H3. The van der Waals surface area contributed by atoms with Crippen molar-refractivity contribution in [2.75, 3.05) is 13.1 Å². The first-order valence-electron chi connectivity index (χ1n) is 7.58. The van der Waals surface area contributed by atoms with Gasteiger partial charge < -0.3 is 5.11 Å². The molecule has 1 fully saturated rings. The molecule has 1 N–H and O–H groups in total. The van der Waals surface area contributed by atoms with Crippen LogP contribution in [0.5, 0.6) is 0 Å². The SMILES string of the molecule is CC(C)Cc1ccc(S(=O)(=O)N2CCC(C(C)O)C2)cc1. The topological polar surface area (TPSA) is 57.6 Å². The molecule has 0 aromatic heterocycles. The molecule has 2 rings (SSSR count). The van der Waals surface area contributed by atoms with Gasteiger partial charge in [-0.05, 0) is 49.3 Å². The lowest BCUT2D eigenvalue weighted by molar-refractivity contribution is 0.133. The molecule has 1 aliphatic rings. The van der Waals surface area contributed by atoms with Crippen LogP contribution in [0.4, 0.5) is 0 Å². The van der Waals surface area contributed by atoms with Gasteiger partial charge in [0.05, 0.1) is 11.0 Å². The van der Waals surface area contributed by atoms with Crippen LogP contribution in [0.1, 0.15) is 32.8 Å². The summed E-state index contributed by atoms with van der Waals surface area (Å²) in [6, 6.07) is 7.19. The minimum absolute atomic E-state index is 0.0417. The summed E-state index contributed by atoms with van der Waals surface area (Å²) in [4.78, 5) is 0.348. The fraction of sp³-hybridized carbons (Fsp3) is 0.625. The van der Waals surface area contributed by atoms with Gasteiger partial charge in [-0.2, -0.15) is 4.31 Å². The van der Waals surface area contributed by atoms with E-state index in [0.29, 0.717) is 23.9 Å². The van der Waals surface area contributed by atoms with Gasteiger partial charge in [-0.1, -0.05) is 26.0 Å². The molecule has 0 spiro atoms. The van der Waals surface area contributed by atoms with E-state index < -0.39 is 16.1 Å². The highest BCUT2D eigenvalue weighted by molar-refractivity contribution is 7.89. The van der Waals surface area contributed by atoms with E-state index in [0.717, 1.165) is 18.4 Å². The molecule has 1 aliphatic heterocycles. The summed E-state index contributed by atoms with van der Waals surface area (Å²) in [6.07, 6.45) is 1.22. The molecule has 0 amide bonds. The van der Waals surface area contributed by atoms with Crippen LogP contribution in [0.25, 0.3) is 0 Å². The molecule has 2 atom stereocenters. The Morgan fingerprint density at radius 2 is 1.86 bits per heavy atom. The summed E-state index contributed by atoms with van der Waals surface area (Å²) >= 11 is 0. The van der Waals surface area contributed by atoms with E-state index in [9.17, 15) is 13.5 Å². The Morgan fingerprint density at radius 3 is 2.33 bits per heavy atom. The monoisotopic (exact) mass is 311 g/mol. The Balaban J connectivity index is 2.13. The largest absolute Gasteiger partial charge is 0.393 e. The molecule has 1 heterocycles. The van der Waals surface area contributed by atoms with Gasteiger partial charge in [-0.15, -0.1) is 0 Å². The first-order valence-corrected chi connectivity index (χ1v) is 9.02. The van der Waals surface area contributed by atoms with E-state index in [1.807, 2.05) is 12.1 Å². The first-order chi connectivity index (χ1) is 9.80. The quantitative estimate of drug-likeness (QED) is 0.907. The van der Waals surface area contributed by atoms with Crippen LogP contribution in [-0.2, 0) is 16.4 Å². The Hall–Kier alpha value is -0.910. The Kier molecular flexibility index (Phi) is 5.07. The van der Waals surface area contributed by atoms with Gasteiger partial charge in [0.15, 0.2) is 0 Å². The third-order valence-corrected chi connectivity index (χ3v) is 5.95. The number of rotatable bonds is 5. The predicted octanol–water partition coefficient (Wildman–Crippen LogP) is 2.28. The van der Waals surface area contributed by atoms with Crippen LogP contribution in [0.2, 0.25) is 0 Å². The third-order valence-electron chi connectivity index (χ3n) is 4.07. The maximum Gasteiger partial charge on any atom is 0.243 e. The van der Waals surface area contributed by atoms with E-state index in [2.05, 4.69) is 13.8 Å². The molecular formula is C16H25NO3S. The zero-order valence-corrected chi connectivity index (χ0v) is 13.8. The fourth-order valence-electron chi connectivity index (χ4n) is 2.78. The van der Waals surface area contributed by atoms with Crippen molar-refractivity contribution in [1.82, 2.24) is 4.31 Å². The van der Waals surface area contributed by atoms with E-state index in [4.69, 9.17) is 0 Å². The molecule has 118 valence electrons. The lowest BCUT2D eigenvalue weighted by Crippen LogP contribution is -2.30. The van der Waals surface area contributed by atoms with Crippen LogP contribution in [0.3, 0.4) is 0 Å². The summed E-state index contributed by atoms with van der Waals surface area (Å²) in [7, 11) is -3.43. The number of aliphatic hydroxyl groups excluding tert-OH is 1. The highest BCUT2D eigenvalue weighted by atomic mass is 32.2. The van der Waals surface area contributed by atoms with Gasteiger partial charge in [0.2, 0.25) is 10.0 Å². The van der Waals surface area contributed by atoms with Crippen LogP contribution in [0, 0.1) is 11.8 Å². The molecule has 4 nitrogen and oxygen atoms in total. The summed E-state index contributed by atoms with van der Waals surface area (Å²) < 4.78 is 26.6. The van der Waals surface area contributed by atoms with Crippen LogP contribution < -0.4 is 0 Å². The Bertz CT molecular complexity index is 564. The molecular weight excluding hydrogens is 286 g/mol. The van der Waals surface area contributed by atoms with Gasteiger partial charge in [0, 0.05) is 13.1 Å². The van der Waals surface area contributed by atoms with Crippen molar-refractivity contribution in [2.45, 2.75) is 44.6 Å². The second kappa shape index (κ2) is 6.46. The van der Waals surface area contributed by atoms with E-state index >= 15 is 0 Å². The lowest BCUT2D eigenvalue weighted by Gasteiger charge is -2.18. The summed E-state index contributed by atoms with van der Waals surface area (Å²) in [5.74, 6) is 0.595. The predicted molar refractivity (Wildman–Crippen MR) is 83.5 cm³/mol. The summed E-state index contributed by atoms with van der Waals surface area (Å²) in [5.41, 5.74) is 1.16. The molecule has 0 aliphatic carbocycles.